The molecule has 5 nitrogen and oxygen atoms in total. The van der Waals surface area contributed by atoms with Crippen LogP contribution in [0, 0.1) is 10.1 Å². The van der Waals surface area contributed by atoms with Crippen LogP contribution in [-0.2, 0) is 13.0 Å². The molecule has 2 aromatic rings. The minimum absolute atomic E-state index is 0.105. The maximum atomic E-state index is 11.0. The SMILES string of the molecule is O=[N+]([O-])c1ccccc1NCc1cccc2c1NCC2. The molecule has 0 aromatic heterocycles. The van der Waals surface area contributed by atoms with Crippen LogP contribution in [0.4, 0.5) is 17.1 Å². The average Bonchev–Trinajstić information content (AvgIpc) is 2.94. The van der Waals surface area contributed by atoms with Crippen LogP contribution in [0.5, 0.6) is 0 Å². The van der Waals surface area contributed by atoms with Crippen LogP contribution in [0.3, 0.4) is 0 Å². The maximum absolute atomic E-state index is 11.0. The number of nitro benzene ring substituents is 1. The largest absolute Gasteiger partial charge is 0.384 e. The van der Waals surface area contributed by atoms with Crippen molar-refractivity contribution in [1.29, 1.82) is 0 Å². The lowest BCUT2D eigenvalue weighted by atomic mass is 10.1. The highest BCUT2D eigenvalue weighted by molar-refractivity contribution is 5.64. The number of rotatable bonds is 4. The van der Waals surface area contributed by atoms with E-state index in [9.17, 15) is 10.1 Å². The van der Waals surface area contributed by atoms with E-state index in [1.54, 1.807) is 18.2 Å². The molecule has 0 aliphatic carbocycles. The van der Waals surface area contributed by atoms with Gasteiger partial charge in [-0.3, -0.25) is 10.1 Å². The summed E-state index contributed by atoms with van der Waals surface area (Å²) in [6.45, 7) is 1.53. The number of fused-ring (bicyclic) bond motifs is 1. The van der Waals surface area contributed by atoms with Gasteiger partial charge in [-0.15, -0.1) is 0 Å². The summed E-state index contributed by atoms with van der Waals surface area (Å²) in [5, 5.41) is 17.5. The Bertz CT molecular complexity index is 655. The van der Waals surface area contributed by atoms with Crippen molar-refractivity contribution in [3.8, 4) is 0 Å². The molecule has 3 rings (SSSR count). The quantitative estimate of drug-likeness (QED) is 0.661. The molecule has 0 bridgehead atoms. The fraction of sp³-hybridized carbons (Fsp3) is 0.200. The van der Waals surface area contributed by atoms with Crippen LogP contribution in [-0.4, -0.2) is 11.5 Å². The number of hydrogen-bond acceptors (Lipinski definition) is 4. The Morgan fingerprint density at radius 1 is 1.20 bits per heavy atom. The molecule has 102 valence electrons. The molecule has 0 saturated carbocycles. The van der Waals surface area contributed by atoms with Crippen LogP contribution >= 0.6 is 0 Å². The molecule has 5 heteroatoms. The van der Waals surface area contributed by atoms with Crippen LogP contribution in [0.1, 0.15) is 11.1 Å². The molecule has 20 heavy (non-hydrogen) atoms. The third kappa shape index (κ3) is 2.30. The molecule has 2 N–H and O–H groups in total. The molecule has 1 heterocycles. The summed E-state index contributed by atoms with van der Waals surface area (Å²) in [7, 11) is 0. The number of benzene rings is 2. The van der Waals surface area contributed by atoms with E-state index in [4.69, 9.17) is 0 Å². The predicted molar refractivity (Wildman–Crippen MR) is 79.1 cm³/mol. The summed E-state index contributed by atoms with van der Waals surface area (Å²) in [6.07, 6.45) is 1.04. The van der Waals surface area contributed by atoms with E-state index in [0.717, 1.165) is 18.5 Å². The number of anilines is 2. The molecule has 1 aliphatic rings. The second kappa shape index (κ2) is 5.21. The van der Waals surface area contributed by atoms with E-state index >= 15 is 0 Å². The number of nitrogens with zero attached hydrogens (tertiary/aromatic N) is 1. The number of nitro groups is 1. The molecule has 2 aromatic carbocycles. The van der Waals surface area contributed by atoms with Gasteiger partial charge in [0.15, 0.2) is 0 Å². The topological polar surface area (TPSA) is 67.2 Å². The normalized spacial score (nSPS) is 12.6. The van der Waals surface area contributed by atoms with Crippen LogP contribution in [0.2, 0.25) is 0 Å². The van der Waals surface area contributed by atoms with E-state index in [1.165, 1.54) is 17.3 Å². The van der Waals surface area contributed by atoms with Crippen molar-refractivity contribution >= 4 is 17.1 Å². The second-order valence-corrected chi connectivity index (χ2v) is 4.76. The Morgan fingerprint density at radius 2 is 2.05 bits per heavy atom. The first-order chi connectivity index (χ1) is 9.75. The zero-order valence-electron chi connectivity index (χ0n) is 10.9. The Hall–Kier alpha value is -2.56. The summed E-state index contributed by atoms with van der Waals surface area (Å²) in [4.78, 5) is 10.6. The highest BCUT2D eigenvalue weighted by Gasteiger charge is 2.15. The molecule has 0 unspecified atom stereocenters. The van der Waals surface area contributed by atoms with Crippen LogP contribution in [0.25, 0.3) is 0 Å². The zero-order valence-corrected chi connectivity index (χ0v) is 10.9. The van der Waals surface area contributed by atoms with Gasteiger partial charge in [0, 0.05) is 24.8 Å². The molecular weight excluding hydrogens is 254 g/mol. The summed E-state index contributed by atoms with van der Waals surface area (Å²) in [5.74, 6) is 0. The Morgan fingerprint density at radius 3 is 2.90 bits per heavy atom. The van der Waals surface area contributed by atoms with E-state index in [0.29, 0.717) is 12.2 Å². The van der Waals surface area contributed by atoms with E-state index in [2.05, 4.69) is 16.7 Å². The van der Waals surface area contributed by atoms with Gasteiger partial charge < -0.3 is 10.6 Å². The zero-order chi connectivity index (χ0) is 13.9. The molecule has 0 saturated heterocycles. The first-order valence-corrected chi connectivity index (χ1v) is 6.57. The second-order valence-electron chi connectivity index (χ2n) is 4.76. The third-order valence-electron chi connectivity index (χ3n) is 3.50. The van der Waals surface area contributed by atoms with E-state index in [1.807, 2.05) is 12.1 Å². The number of nitrogens with one attached hydrogen (secondary N) is 2. The van der Waals surface area contributed by atoms with E-state index in [-0.39, 0.29) is 10.6 Å². The highest BCUT2D eigenvalue weighted by atomic mass is 16.6. The van der Waals surface area contributed by atoms with Crippen molar-refractivity contribution in [2.24, 2.45) is 0 Å². The number of hydrogen-bond donors (Lipinski definition) is 2. The van der Waals surface area contributed by atoms with Crippen molar-refractivity contribution in [1.82, 2.24) is 0 Å². The fourth-order valence-corrected chi connectivity index (χ4v) is 2.53. The van der Waals surface area contributed by atoms with Crippen molar-refractivity contribution in [3.63, 3.8) is 0 Å². The van der Waals surface area contributed by atoms with Gasteiger partial charge in [0.1, 0.15) is 5.69 Å². The predicted octanol–water partition coefficient (Wildman–Crippen LogP) is 3.17. The molecule has 0 atom stereocenters. The van der Waals surface area contributed by atoms with Crippen LogP contribution in [0.15, 0.2) is 42.5 Å². The molecule has 0 fully saturated rings. The third-order valence-corrected chi connectivity index (χ3v) is 3.50. The van der Waals surface area contributed by atoms with Gasteiger partial charge in [0.05, 0.1) is 4.92 Å². The minimum Gasteiger partial charge on any atom is -0.384 e. The summed E-state index contributed by atoms with van der Waals surface area (Å²) >= 11 is 0. The van der Waals surface area contributed by atoms with Gasteiger partial charge in [-0.2, -0.15) is 0 Å². The molecular formula is C15H15N3O2. The van der Waals surface area contributed by atoms with E-state index < -0.39 is 0 Å². The minimum atomic E-state index is -0.365. The monoisotopic (exact) mass is 269 g/mol. The van der Waals surface area contributed by atoms with Gasteiger partial charge >= 0.3 is 0 Å². The van der Waals surface area contributed by atoms with Crippen LogP contribution < -0.4 is 10.6 Å². The Kier molecular flexibility index (Phi) is 3.25. The first-order valence-electron chi connectivity index (χ1n) is 6.57. The molecule has 0 radical (unpaired) electrons. The molecule has 0 amide bonds. The lowest BCUT2D eigenvalue weighted by Crippen LogP contribution is -2.04. The lowest BCUT2D eigenvalue weighted by Gasteiger charge is -2.11. The Balaban J connectivity index is 1.81. The number of para-hydroxylation sites is 3. The first kappa shape index (κ1) is 12.5. The fourth-order valence-electron chi connectivity index (χ4n) is 2.53. The lowest BCUT2D eigenvalue weighted by molar-refractivity contribution is -0.384. The summed E-state index contributed by atoms with van der Waals surface area (Å²) in [6, 6.07) is 12.9. The van der Waals surface area contributed by atoms with Gasteiger partial charge in [-0.25, -0.2) is 0 Å². The van der Waals surface area contributed by atoms with Gasteiger partial charge in [0.2, 0.25) is 0 Å². The smallest absolute Gasteiger partial charge is 0.292 e. The molecule has 0 spiro atoms. The highest BCUT2D eigenvalue weighted by Crippen LogP contribution is 2.28. The van der Waals surface area contributed by atoms with Gasteiger partial charge in [0.25, 0.3) is 5.69 Å². The average molecular weight is 269 g/mol. The maximum Gasteiger partial charge on any atom is 0.292 e. The standard InChI is InChI=1S/C15H15N3O2/c19-18(20)14-7-2-1-6-13(14)17-10-12-5-3-4-11-8-9-16-15(11)12/h1-7,16-17H,8-10H2. The van der Waals surface area contributed by atoms with Gasteiger partial charge in [-0.05, 0) is 23.6 Å². The summed E-state index contributed by atoms with van der Waals surface area (Å²) < 4.78 is 0. The Labute approximate surface area is 116 Å². The van der Waals surface area contributed by atoms with Crippen molar-refractivity contribution in [2.75, 3.05) is 17.2 Å². The van der Waals surface area contributed by atoms with Crippen molar-refractivity contribution in [3.05, 3.63) is 63.7 Å². The van der Waals surface area contributed by atoms with Crippen molar-refractivity contribution < 1.29 is 4.92 Å². The molecule has 1 aliphatic heterocycles. The van der Waals surface area contributed by atoms with Gasteiger partial charge in [-0.1, -0.05) is 30.3 Å². The summed E-state index contributed by atoms with van der Waals surface area (Å²) in [5.41, 5.74) is 4.27. The van der Waals surface area contributed by atoms with Crippen molar-refractivity contribution in [2.45, 2.75) is 13.0 Å².